The fraction of sp³-hybridized carbons (Fsp3) is 0.600. The lowest BCUT2D eigenvalue weighted by atomic mass is 9.75. The van der Waals surface area contributed by atoms with Crippen LogP contribution in [0.5, 0.6) is 11.5 Å². The van der Waals surface area contributed by atoms with Gasteiger partial charge in [-0.3, -0.25) is 14.7 Å². The van der Waals surface area contributed by atoms with Gasteiger partial charge in [0.1, 0.15) is 12.0 Å². The molecule has 330 valence electrons. The third-order valence-electron chi connectivity index (χ3n) is 11.4. The number of esters is 2. The van der Waals surface area contributed by atoms with Gasteiger partial charge >= 0.3 is 18.0 Å². The quantitative estimate of drug-likeness (QED) is 0.0779. The van der Waals surface area contributed by atoms with Gasteiger partial charge in [-0.2, -0.15) is 0 Å². The maximum atomic E-state index is 13.2. The van der Waals surface area contributed by atoms with E-state index in [4.69, 9.17) is 44.8 Å². The van der Waals surface area contributed by atoms with Crippen molar-refractivity contribution in [2.45, 2.75) is 89.4 Å². The highest BCUT2D eigenvalue weighted by Gasteiger charge is 2.44. The predicted octanol–water partition coefficient (Wildman–Crippen LogP) is 6.28. The topological polar surface area (TPSA) is 155 Å². The van der Waals surface area contributed by atoms with E-state index in [2.05, 4.69) is 26.6 Å². The number of likely N-dealkylation sites (tertiary alicyclic amines) is 1. The first-order valence-electron chi connectivity index (χ1n) is 21.3. The normalized spacial score (nSPS) is 21.9. The van der Waals surface area contributed by atoms with Crippen LogP contribution in [0.4, 0.5) is 4.79 Å². The minimum absolute atomic E-state index is 0.0431. The van der Waals surface area contributed by atoms with E-state index in [1.807, 2.05) is 12.1 Å². The van der Waals surface area contributed by atoms with E-state index in [-0.39, 0.29) is 37.1 Å². The van der Waals surface area contributed by atoms with Crippen LogP contribution in [0, 0.1) is 5.92 Å². The van der Waals surface area contributed by atoms with Crippen LogP contribution in [0.1, 0.15) is 75.8 Å². The van der Waals surface area contributed by atoms with Crippen molar-refractivity contribution in [3.05, 3.63) is 69.9 Å². The number of nitrogens with one attached hydrogen (secondary N) is 2. The minimum Gasteiger partial charge on any atom is -0.493 e. The number of halogens is 1. The van der Waals surface area contributed by atoms with Crippen LogP contribution < -0.4 is 20.1 Å². The number of unbranched alkanes of at least 4 members (excludes halogenated alkanes) is 1. The third-order valence-corrected chi connectivity index (χ3v) is 11.7. The molecule has 2 aliphatic heterocycles. The molecule has 1 amide bonds. The number of carbonyl (C=O) groups excluding carboxylic acids is 3. The average Bonchev–Trinajstić information content (AvgIpc) is 3.72. The largest absolute Gasteiger partial charge is 0.493 e. The number of methoxy groups -OCH3 is 3. The number of benzene rings is 2. The third kappa shape index (κ3) is 12.9. The molecule has 0 radical (unpaired) electrons. The van der Waals surface area contributed by atoms with Crippen molar-refractivity contribution in [1.29, 1.82) is 0 Å². The monoisotopic (exact) mass is 854 g/mol. The molecule has 3 aliphatic rings. The SMILES string of the molecule is CCOC(=O)C1C(C)=NC(COCCNCCCCNC(=O)O[C@@H]2CCN([C@@H]3CCCC[C@H]3OCCc3ccc(OC)c(OC)c3)C2)=C(C(=O)OC)C1c1ccccc1Cl. The van der Waals surface area contributed by atoms with Gasteiger partial charge in [-0.1, -0.05) is 48.7 Å². The van der Waals surface area contributed by atoms with E-state index in [0.717, 1.165) is 81.6 Å². The van der Waals surface area contributed by atoms with Gasteiger partial charge in [0, 0.05) is 48.9 Å². The molecule has 2 aromatic carbocycles. The summed E-state index contributed by atoms with van der Waals surface area (Å²) in [5, 5.41) is 6.68. The molecule has 5 rings (SSSR count). The number of hydrogen-bond donors (Lipinski definition) is 2. The number of carbonyl (C=O) groups is 3. The van der Waals surface area contributed by atoms with Crippen LogP contribution in [0.2, 0.25) is 5.02 Å². The van der Waals surface area contributed by atoms with Gasteiger partial charge in [0.2, 0.25) is 0 Å². The second-order valence-electron chi connectivity index (χ2n) is 15.3. The molecule has 0 aromatic heterocycles. The van der Waals surface area contributed by atoms with E-state index < -0.39 is 23.8 Å². The van der Waals surface area contributed by atoms with Crippen LogP contribution in [0.25, 0.3) is 0 Å². The van der Waals surface area contributed by atoms with Crippen LogP contribution >= 0.6 is 11.6 Å². The maximum Gasteiger partial charge on any atom is 0.407 e. The predicted molar refractivity (Wildman–Crippen MR) is 229 cm³/mol. The van der Waals surface area contributed by atoms with Gasteiger partial charge in [-0.15, -0.1) is 0 Å². The Bertz CT molecular complexity index is 1790. The van der Waals surface area contributed by atoms with Crippen molar-refractivity contribution >= 4 is 35.3 Å². The Labute approximate surface area is 359 Å². The van der Waals surface area contributed by atoms with Crippen molar-refractivity contribution in [3.63, 3.8) is 0 Å². The molecular weight excluding hydrogens is 792 g/mol. The molecule has 2 unspecified atom stereocenters. The number of amides is 1. The Balaban J connectivity index is 0.977. The average molecular weight is 855 g/mol. The summed E-state index contributed by atoms with van der Waals surface area (Å²) < 4.78 is 39.6. The van der Waals surface area contributed by atoms with Crippen molar-refractivity contribution in [3.8, 4) is 11.5 Å². The molecule has 2 N–H and O–H groups in total. The summed E-state index contributed by atoms with van der Waals surface area (Å²) in [6.07, 6.45) is 7.38. The Morgan fingerprint density at radius 1 is 0.933 bits per heavy atom. The van der Waals surface area contributed by atoms with Crippen molar-refractivity contribution in [2.75, 3.05) is 80.5 Å². The van der Waals surface area contributed by atoms with Crippen molar-refractivity contribution in [2.24, 2.45) is 10.9 Å². The molecule has 15 heteroatoms. The Hall–Kier alpha value is -4.21. The number of nitrogens with zero attached hydrogens (tertiary/aromatic N) is 2. The summed E-state index contributed by atoms with van der Waals surface area (Å²) in [5.74, 6) is -1.25. The number of hydrogen-bond acceptors (Lipinski definition) is 13. The summed E-state index contributed by atoms with van der Waals surface area (Å²) >= 11 is 6.60. The van der Waals surface area contributed by atoms with Crippen LogP contribution in [-0.2, 0) is 39.7 Å². The fourth-order valence-corrected chi connectivity index (χ4v) is 8.65. The lowest BCUT2D eigenvalue weighted by Crippen LogP contribution is -2.46. The first-order valence-corrected chi connectivity index (χ1v) is 21.6. The van der Waals surface area contributed by atoms with Crippen LogP contribution in [-0.4, -0.2) is 127 Å². The Morgan fingerprint density at radius 2 is 1.72 bits per heavy atom. The molecule has 1 saturated heterocycles. The molecule has 1 saturated carbocycles. The molecule has 2 aromatic rings. The molecular formula is C45H63ClN4O10. The molecule has 2 fully saturated rings. The van der Waals surface area contributed by atoms with E-state index >= 15 is 0 Å². The van der Waals surface area contributed by atoms with Crippen LogP contribution in [0.3, 0.4) is 0 Å². The summed E-state index contributed by atoms with van der Waals surface area (Å²) in [4.78, 5) is 46.1. The van der Waals surface area contributed by atoms with E-state index in [9.17, 15) is 14.4 Å². The van der Waals surface area contributed by atoms with Crippen LogP contribution in [0.15, 0.2) is 58.7 Å². The van der Waals surface area contributed by atoms with Gasteiger partial charge in [0.05, 0.1) is 65.1 Å². The summed E-state index contributed by atoms with van der Waals surface area (Å²) in [6.45, 7) is 8.14. The zero-order chi connectivity index (χ0) is 42.9. The second-order valence-corrected chi connectivity index (χ2v) is 15.7. The first-order chi connectivity index (χ1) is 29.2. The fourth-order valence-electron chi connectivity index (χ4n) is 8.40. The lowest BCUT2D eigenvalue weighted by molar-refractivity contribution is -0.146. The van der Waals surface area contributed by atoms with Gasteiger partial charge < -0.3 is 43.8 Å². The first kappa shape index (κ1) is 46.8. The van der Waals surface area contributed by atoms with Crippen molar-refractivity contribution < 1.29 is 47.5 Å². The smallest absolute Gasteiger partial charge is 0.407 e. The van der Waals surface area contributed by atoms with E-state index in [0.29, 0.717) is 54.3 Å². The van der Waals surface area contributed by atoms with E-state index in [1.54, 1.807) is 52.3 Å². The Kier molecular flexibility index (Phi) is 19.0. The summed E-state index contributed by atoms with van der Waals surface area (Å²) in [7, 11) is 4.58. The summed E-state index contributed by atoms with van der Waals surface area (Å²) in [5.41, 5.74) is 2.87. The zero-order valence-electron chi connectivity index (χ0n) is 35.8. The standard InChI is InChI=1S/C45H63ClN4O10/c1-6-58-44(52)40-30(2)49-35(42(43(51)56-5)41(40)33-13-7-8-14-34(33)46)29-57-26-23-47-21-11-12-22-48-45(53)60-32-19-24-50(28-32)36-15-9-10-16-37(36)59-25-20-31-17-18-38(54-3)39(27-31)55-4/h7-8,13-14,17-18,27,32,36-37,40-41,47H,6,9-12,15-16,19-26,28-29H2,1-5H3,(H,48,53)/t32-,36-,37-,40?,41?/m1/s1. The molecule has 60 heavy (non-hydrogen) atoms. The van der Waals surface area contributed by atoms with Gasteiger partial charge in [0.15, 0.2) is 11.5 Å². The molecule has 0 spiro atoms. The zero-order valence-corrected chi connectivity index (χ0v) is 36.6. The lowest BCUT2D eigenvalue weighted by Gasteiger charge is -2.37. The molecule has 1 aliphatic carbocycles. The molecule has 5 atom stereocenters. The van der Waals surface area contributed by atoms with Gasteiger partial charge in [-0.25, -0.2) is 9.59 Å². The second kappa shape index (κ2) is 24.3. The number of aliphatic imine (C=N–C) groups is 1. The highest BCUT2D eigenvalue weighted by atomic mass is 35.5. The van der Waals surface area contributed by atoms with E-state index in [1.165, 1.54) is 13.5 Å². The van der Waals surface area contributed by atoms with Gasteiger partial charge in [-0.05, 0) is 88.2 Å². The number of alkyl carbamates (subject to hydrolysis) is 1. The number of rotatable bonds is 22. The maximum absolute atomic E-state index is 13.2. The minimum atomic E-state index is -0.845. The molecule has 0 bridgehead atoms. The van der Waals surface area contributed by atoms with Crippen molar-refractivity contribution in [1.82, 2.24) is 15.5 Å². The molecule has 2 heterocycles. The number of ether oxygens (including phenoxy) is 7. The Morgan fingerprint density at radius 3 is 2.48 bits per heavy atom. The summed E-state index contributed by atoms with van der Waals surface area (Å²) in [6, 6.07) is 13.4. The van der Waals surface area contributed by atoms with Gasteiger partial charge in [0.25, 0.3) is 0 Å². The highest BCUT2D eigenvalue weighted by molar-refractivity contribution is 6.31. The highest BCUT2D eigenvalue weighted by Crippen LogP contribution is 2.42. The molecule has 14 nitrogen and oxygen atoms in total.